The Balaban J connectivity index is 2.34. The third-order valence-corrected chi connectivity index (χ3v) is 2.47. The average Bonchev–Trinajstić information content (AvgIpc) is 2.42. The van der Waals surface area contributed by atoms with Crippen molar-refractivity contribution >= 4 is 5.91 Å². The molecule has 0 spiro atoms. The SMILES string of the molecule is CC(C)COc1cccc(CNC(=O)COCC(F)(F)F)c1. The van der Waals surface area contributed by atoms with Crippen molar-refractivity contribution in [2.75, 3.05) is 19.8 Å². The van der Waals surface area contributed by atoms with Crippen LogP contribution in [0.5, 0.6) is 5.75 Å². The Morgan fingerprint density at radius 3 is 2.68 bits per heavy atom. The van der Waals surface area contributed by atoms with Crippen LogP contribution in [0.25, 0.3) is 0 Å². The fraction of sp³-hybridized carbons (Fsp3) is 0.533. The van der Waals surface area contributed by atoms with Crippen molar-refractivity contribution in [2.45, 2.75) is 26.6 Å². The molecule has 0 heterocycles. The molecule has 0 unspecified atom stereocenters. The van der Waals surface area contributed by atoms with E-state index in [2.05, 4.69) is 10.1 Å². The van der Waals surface area contributed by atoms with Crippen LogP contribution in [0.1, 0.15) is 19.4 Å². The monoisotopic (exact) mass is 319 g/mol. The van der Waals surface area contributed by atoms with Crippen LogP contribution >= 0.6 is 0 Å². The number of benzene rings is 1. The molecule has 0 aliphatic carbocycles. The minimum absolute atomic E-state index is 0.201. The number of rotatable bonds is 8. The molecule has 0 saturated heterocycles. The number of carbonyl (C=O) groups is 1. The molecule has 1 aromatic rings. The Kier molecular flexibility index (Phi) is 7.17. The van der Waals surface area contributed by atoms with Crippen molar-refractivity contribution in [3.8, 4) is 5.75 Å². The number of alkyl halides is 3. The second-order valence-corrected chi connectivity index (χ2v) is 5.24. The normalized spacial score (nSPS) is 11.5. The number of ether oxygens (including phenoxy) is 2. The summed E-state index contributed by atoms with van der Waals surface area (Å²) in [6.45, 7) is 2.80. The smallest absolute Gasteiger partial charge is 0.411 e. The Morgan fingerprint density at radius 2 is 2.05 bits per heavy atom. The van der Waals surface area contributed by atoms with Gasteiger partial charge in [0.2, 0.25) is 5.91 Å². The number of amides is 1. The standard InChI is InChI=1S/C15H20F3NO3/c1-11(2)8-22-13-5-3-4-12(6-13)7-19-14(20)9-21-10-15(16,17)18/h3-6,11H,7-10H2,1-2H3,(H,19,20). The van der Waals surface area contributed by atoms with E-state index in [0.717, 1.165) is 5.56 Å². The van der Waals surface area contributed by atoms with Gasteiger partial charge in [0.15, 0.2) is 0 Å². The molecule has 1 rings (SSSR count). The zero-order chi connectivity index (χ0) is 16.6. The lowest BCUT2D eigenvalue weighted by molar-refractivity contribution is -0.175. The molecule has 0 fully saturated rings. The number of nitrogens with one attached hydrogen (secondary N) is 1. The Hall–Kier alpha value is -1.76. The first-order valence-corrected chi connectivity index (χ1v) is 6.89. The van der Waals surface area contributed by atoms with Crippen LogP contribution in [-0.4, -0.2) is 31.9 Å². The van der Waals surface area contributed by atoms with Crippen molar-refractivity contribution in [1.29, 1.82) is 0 Å². The van der Waals surface area contributed by atoms with Gasteiger partial charge in [-0.3, -0.25) is 4.79 Å². The molecule has 0 atom stereocenters. The van der Waals surface area contributed by atoms with E-state index in [-0.39, 0.29) is 6.54 Å². The summed E-state index contributed by atoms with van der Waals surface area (Å²) < 4.78 is 45.4. The summed E-state index contributed by atoms with van der Waals surface area (Å²) >= 11 is 0. The molecule has 22 heavy (non-hydrogen) atoms. The number of halogens is 3. The molecule has 0 saturated carbocycles. The van der Waals surface area contributed by atoms with Crippen molar-refractivity contribution in [3.63, 3.8) is 0 Å². The van der Waals surface area contributed by atoms with E-state index < -0.39 is 25.3 Å². The zero-order valence-electron chi connectivity index (χ0n) is 12.6. The summed E-state index contributed by atoms with van der Waals surface area (Å²) in [5.41, 5.74) is 0.797. The van der Waals surface area contributed by atoms with Gasteiger partial charge >= 0.3 is 6.18 Å². The highest BCUT2D eigenvalue weighted by Crippen LogP contribution is 2.15. The van der Waals surface area contributed by atoms with Crippen LogP contribution in [0.15, 0.2) is 24.3 Å². The minimum Gasteiger partial charge on any atom is -0.493 e. The largest absolute Gasteiger partial charge is 0.493 e. The predicted octanol–water partition coefficient (Wildman–Crippen LogP) is 2.92. The van der Waals surface area contributed by atoms with Crippen molar-refractivity contribution in [2.24, 2.45) is 5.92 Å². The van der Waals surface area contributed by atoms with E-state index in [4.69, 9.17) is 4.74 Å². The Labute approximate surface area is 127 Å². The van der Waals surface area contributed by atoms with Crippen LogP contribution in [0, 0.1) is 5.92 Å². The molecule has 7 heteroatoms. The van der Waals surface area contributed by atoms with Crippen LogP contribution in [0.4, 0.5) is 13.2 Å². The average molecular weight is 319 g/mol. The third-order valence-electron chi connectivity index (χ3n) is 2.47. The lowest BCUT2D eigenvalue weighted by atomic mass is 10.2. The van der Waals surface area contributed by atoms with Crippen LogP contribution < -0.4 is 10.1 Å². The van der Waals surface area contributed by atoms with Crippen molar-refractivity contribution in [3.05, 3.63) is 29.8 Å². The van der Waals surface area contributed by atoms with Crippen LogP contribution in [0.3, 0.4) is 0 Å². The molecule has 4 nitrogen and oxygen atoms in total. The predicted molar refractivity (Wildman–Crippen MR) is 75.5 cm³/mol. The molecule has 0 aliphatic rings. The van der Waals surface area contributed by atoms with E-state index in [0.29, 0.717) is 18.3 Å². The van der Waals surface area contributed by atoms with Gasteiger partial charge in [0.1, 0.15) is 19.0 Å². The highest BCUT2D eigenvalue weighted by atomic mass is 19.4. The number of carbonyl (C=O) groups excluding carboxylic acids is 1. The molecule has 0 radical (unpaired) electrons. The molecule has 0 aromatic heterocycles. The maximum atomic E-state index is 11.9. The second kappa shape index (κ2) is 8.63. The van der Waals surface area contributed by atoms with E-state index in [1.54, 1.807) is 24.3 Å². The van der Waals surface area contributed by atoms with Crippen molar-refractivity contribution < 1.29 is 27.4 Å². The quantitative estimate of drug-likeness (QED) is 0.801. The van der Waals surface area contributed by atoms with Crippen LogP contribution in [0.2, 0.25) is 0 Å². The van der Waals surface area contributed by atoms with E-state index in [9.17, 15) is 18.0 Å². The molecule has 1 amide bonds. The van der Waals surface area contributed by atoms with E-state index >= 15 is 0 Å². The molecular weight excluding hydrogens is 299 g/mol. The topological polar surface area (TPSA) is 47.6 Å². The zero-order valence-corrected chi connectivity index (χ0v) is 12.6. The van der Waals surface area contributed by atoms with Gasteiger partial charge in [-0.15, -0.1) is 0 Å². The number of hydrogen-bond acceptors (Lipinski definition) is 3. The first kappa shape index (κ1) is 18.3. The molecular formula is C15H20F3NO3. The van der Waals surface area contributed by atoms with Gasteiger partial charge in [-0.1, -0.05) is 26.0 Å². The van der Waals surface area contributed by atoms with Gasteiger partial charge in [-0.2, -0.15) is 13.2 Å². The van der Waals surface area contributed by atoms with Gasteiger partial charge < -0.3 is 14.8 Å². The molecule has 0 aliphatic heterocycles. The lowest BCUT2D eigenvalue weighted by Gasteiger charge is -2.11. The maximum Gasteiger partial charge on any atom is 0.411 e. The van der Waals surface area contributed by atoms with Gasteiger partial charge in [-0.05, 0) is 23.6 Å². The summed E-state index contributed by atoms with van der Waals surface area (Å²) in [4.78, 5) is 11.4. The lowest BCUT2D eigenvalue weighted by Crippen LogP contribution is -2.29. The molecule has 124 valence electrons. The summed E-state index contributed by atoms with van der Waals surface area (Å²) in [6.07, 6.45) is -4.43. The maximum absolute atomic E-state index is 11.9. The summed E-state index contributed by atoms with van der Waals surface area (Å²) in [5, 5.41) is 2.49. The van der Waals surface area contributed by atoms with Crippen LogP contribution in [-0.2, 0) is 16.1 Å². The van der Waals surface area contributed by atoms with Gasteiger partial charge in [0.25, 0.3) is 0 Å². The fourth-order valence-corrected chi connectivity index (χ4v) is 1.52. The fourth-order valence-electron chi connectivity index (χ4n) is 1.52. The first-order valence-electron chi connectivity index (χ1n) is 6.89. The second-order valence-electron chi connectivity index (χ2n) is 5.24. The highest BCUT2D eigenvalue weighted by molar-refractivity contribution is 5.77. The molecule has 1 aromatic carbocycles. The summed E-state index contributed by atoms with van der Waals surface area (Å²) in [7, 11) is 0. The Morgan fingerprint density at radius 1 is 1.32 bits per heavy atom. The van der Waals surface area contributed by atoms with Gasteiger partial charge in [0, 0.05) is 6.54 Å². The summed E-state index contributed by atoms with van der Waals surface area (Å²) in [6, 6.07) is 7.16. The number of hydrogen-bond donors (Lipinski definition) is 1. The summed E-state index contributed by atoms with van der Waals surface area (Å²) in [5.74, 6) is 0.487. The van der Waals surface area contributed by atoms with Crippen molar-refractivity contribution in [1.82, 2.24) is 5.32 Å². The third kappa shape index (κ3) is 8.51. The van der Waals surface area contributed by atoms with E-state index in [1.165, 1.54) is 0 Å². The van der Waals surface area contributed by atoms with Gasteiger partial charge in [0.05, 0.1) is 6.61 Å². The van der Waals surface area contributed by atoms with E-state index in [1.807, 2.05) is 13.8 Å². The molecule has 1 N–H and O–H groups in total. The first-order chi connectivity index (χ1) is 10.3. The minimum atomic E-state index is -4.43. The molecule has 0 bridgehead atoms. The highest BCUT2D eigenvalue weighted by Gasteiger charge is 2.27. The Bertz CT molecular complexity index is 475. The van der Waals surface area contributed by atoms with Gasteiger partial charge in [-0.25, -0.2) is 0 Å².